The highest BCUT2D eigenvalue weighted by Gasteiger charge is 2.24. The number of aromatic nitrogens is 4. The smallest absolute Gasteiger partial charge is 0.326 e. The van der Waals surface area contributed by atoms with Crippen LogP contribution in [0.5, 0.6) is 0 Å². The van der Waals surface area contributed by atoms with Crippen LogP contribution in [0, 0.1) is 0 Å². The fourth-order valence-corrected chi connectivity index (χ4v) is 3.36. The molecule has 2 saturated heterocycles. The van der Waals surface area contributed by atoms with Crippen molar-refractivity contribution < 1.29 is 14.7 Å². The molecule has 2 aliphatic rings. The van der Waals surface area contributed by atoms with Crippen molar-refractivity contribution in [1.82, 2.24) is 30.6 Å². The van der Waals surface area contributed by atoms with Gasteiger partial charge in [-0.3, -0.25) is 10.1 Å². The predicted octanol–water partition coefficient (Wildman–Crippen LogP) is -0.798. The van der Waals surface area contributed by atoms with Crippen molar-refractivity contribution in [2.75, 3.05) is 61.1 Å². The van der Waals surface area contributed by atoms with E-state index in [1.807, 2.05) is 7.05 Å². The average molecular weight is 425 g/mol. The Hall–Kier alpha value is -3.80. The molecule has 0 saturated carbocycles. The number of imide groups is 1. The maximum atomic E-state index is 11.9. The molecule has 2 aromatic heterocycles. The molecular formula is C19H23N9O3. The third-order valence-electron chi connectivity index (χ3n) is 5.03. The van der Waals surface area contributed by atoms with E-state index in [0.717, 1.165) is 18.8 Å². The second-order valence-corrected chi connectivity index (χ2v) is 7.13. The van der Waals surface area contributed by atoms with E-state index in [9.17, 15) is 14.7 Å². The summed E-state index contributed by atoms with van der Waals surface area (Å²) < 4.78 is 0. The molecule has 0 aromatic carbocycles. The Morgan fingerprint density at radius 1 is 1.10 bits per heavy atom. The Balaban J connectivity index is 1.58. The van der Waals surface area contributed by atoms with Gasteiger partial charge in [0.05, 0.1) is 30.4 Å². The second kappa shape index (κ2) is 8.92. The largest absolute Gasteiger partial charge is 0.395 e. The van der Waals surface area contributed by atoms with Crippen LogP contribution in [0.15, 0.2) is 30.5 Å². The average Bonchev–Trinajstić information content (AvgIpc) is 3.11. The minimum Gasteiger partial charge on any atom is -0.395 e. The van der Waals surface area contributed by atoms with Gasteiger partial charge in [-0.25, -0.2) is 19.7 Å². The third kappa shape index (κ3) is 4.69. The van der Waals surface area contributed by atoms with Crippen molar-refractivity contribution in [3.05, 3.63) is 36.2 Å². The lowest BCUT2D eigenvalue weighted by molar-refractivity contribution is -0.115. The lowest BCUT2D eigenvalue weighted by Gasteiger charge is -2.36. The van der Waals surface area contributed by atoms with Gasteiger partial charge in [-0.1, -0.05) is 0 Å². The van der Waals surface area contributed by atoms with Crippen molar-refractivity contribution in [2.45, 2.75) is 0 Å². The quantitative estimate of drug-likeness (QED) is 0.398. The number of nitrogens with zero attached hydrogens (tertiary/aromatic N) is 7. The number of piperazine rings is 1. The van der Waals surface area contributed by atoms with E-state index in [4.69, 9.17) is 0 Å². The van der Waals surface area contributed by atoms with Crippen LogP contribution in [0.1, 0.15) is 5.69 Å². The zero-order chi connectivity index (χ0) is 21.8. The summed E-state index contributed by atoms with van der Waals surface area (Å²) in [5.41, 5.74) is 1.57. The van der Waals surface area contributed by atoms with Gasteiger partial charge in [-0.15, -0.1) is 0 Å². The van der Waals surface area contributed by atoms with Crippen LogP contribution in [-0.2, 0) is 4.79 Å². The van der Waals surface area contributed by atoms with E-state index < -0.39 is 11.9 Å². The SMILES string of the molecule is CN(CCO)c1cc(/C=C2/NC(=O)NC2=O)nc(N2CCN(c3cncnc3)CC2)n1. The fourth-order valence-electron chi connectivity index (χ4n) is 3.36. The lowest BCUT2D eigenvalue weighted by Crippen LogP contribution is -2.47. The number of aliphatic hydroxyl groups is 1. The van der Waals surface area contributed by atoms with Gasteiger partial charge in [-0.2, -0.15) is 4.98 Å². The Bertz CT molecular complexity index is 990. The first kappa shape index (κ1) is 20.5. The highest BCUT2D eigenvalue weighted by molar-refractivity contribution is 6.13. The summed E-state index contributed by atoms with van der Waals surface area (Å²) in [5.74, 6) is 0.617. The number of rotatable bonds is 6. The molecule has 4 heterocycles. The number of amides is 3. The van der Waals surface area contributed by atoms with Crippen LogP contribution in [0.2, 0.25) is 0 Å². The molecule has 162 valence electrons. The molecule has 2 aromatic rings. The van der Waals surface area contributed by atoms with Crippen LogP contribution in [-0.4, -0.2) is 83.4 Å². The fraction of sp³-hybridized carbons (Fsp3) is 0.368. The van der Waals surface area contributed by atoms with Crippen molar-refractivity contribution >= 4 is 35.5 Å². The number of carbonyl (C=O) groups excluding carboxylic acids is 2. The number of aliphatic hydroxyl groups excluding tert-OH is 1. The summed E-state index contributed by atoms with van der Waals surface area (Å²) >= 11 is 0. The van der Waals surface area contributed by atoms with Crippen LogP contribution in [0.25, 0.3) is 6.08 Å². The van der Waals surface area contributed by atoms with Crippen molar-refractivity contribution in [3.8, 4) is 0 Å². The second-order valence-electron chi connectivity index (χ2n) is 7.13. The molecule has 2 aliphatic heterocycles. The molecule has 4 rings (SSSR count). The molecule has 31 heavy (non-hydrogen) atoms. The summed E-state index contributed by atoms with van der Waals surface area (Å²) in [5, 5.41) is 13.9. The summed E-state index contributed by atoms with van der Waals surface area (Å²) in [6.07, 6.45) is 6.59. The number of urea groups is 1. The molecule has 12 heteroatoms. The molecule has 3 amide bonds. The van der Waals surface area contributed by atoms with E-state index in [0.29, 0.717) is 37.1 Å². The first-order chi connectivity index (χ1) is 15.0. The van der Waals surface area contributed by atoms with Gasteiger partial charge >= 0.3 is 6.03 Å². The standard InChI is InChI=1S/C19H23N9O3/c1-26(6-7-29)16-9-13(8-15-17(30)25-19(31)23-15)22-18(24-16)28-4-2-27(3-5-28)14-10-20-12-21-11-14/h8-12,29H,2-7H2,1H3,(H2,23,25,30,31)/b15-8+. The summed E-state index contributed by atoms with van der Waals surface area (Å²) in [6.45, 7) is 3.25. The maximum Gasteiger partial charge on any atom is 0.326 e. The van der Waals surface area contributed by atoms with Crippen LogP contribution >= 0.6 is 0 Å². The molecular weight excluding hydrogens is 402 g/mol. The molecule has 0 unspecified atom stereocenters. The number of anilines is 3. The van der Waals surface area contributed by atoms with E-state index in [1.54, 1.807) is 23.4 Å². The molecule has 2 fully saturated rings. The number of carbonyl (C=O) groups is 2. The molecule has 0 spiro atoms. The molecule has 0 atom stereocenters. The normalized spacial score (nSPS) is 17.7. The van der Waals surface area contributed by atoms with Gasteiger partial charge in [-0.05, 0) is 6.08 Å². The summed E-state index contributed by atoms with van der Waals surface area (Å²) in [4.78, 5) is 46.7. The Morgan fingerprint density at radius 2 is 1.81 bits per heavy atom. The zero-order valence-electron chi connectivity index (χ0n) is 17.0. The highest BCUT2D eigenvalue weighted by Crippen LogP contribution is 2.21. The van der Waals surface area contributed by atoms with E-state index >= 15 is 0 Å². The van der Waals surface area contributed by atoms with Gasteiger partial charge in [0.1, 0.15) is 17.8 Å². The van der Waals surface area contributed by atoms with E-state index in [-0.39, 0.29) is 12.3 Å². The highest BCUT2D eigenvalue weighted by atomic mass is 16.3. The molecule has 0 radical (unpaired) electrons. The van der Waals surface area contributed by atoms with Crippen molar-refractivity contribution in [2.24, 2.45) is 0 Å². The van der Waals surface area contributed by atoms with Crippen LogP contribution in [0.4, 0.5) is 22.2 Å². The molecule has 3 N–H and O–H groups in total. The van der Waals surface area contributed by atoms with E-state index in [1.165, 1.54) is 12.4 Å². The van der Waals surface area contributed by atoms with Crippen molar-refractivity contribution in [1.29, 1.82) is 0 Å². The Kier molecular flexibility index (Phi) is 5.89. The first-order valence-corrected chi connectivity index (χ1v) is 9.83. The van der Waals surface area contributed by atoms with Gasteiger partial charge in [0.2, 0.25) is 5.95 Å². The van der Waals surface area contributed by atoms with Gasteiger partial charge in [0.15, 0.2) is 0 Å². The van der Waals surface area contributed by atoms with Gasteiger partial charge < -0.3 is 25.1 Å². The molecule has 0 bridgehead atoms. The lowest BCUT2D eigenvalue weighted by atomic mass is 10.2. The predicted molar refractivity (Wildman–Crippen MR) is 113 cm³/mol. The van der Waals surface area contributed by atoms with Gasteiger partial charge in [0, 0.05) is 45.8 Å². The third-order valence-corrected chi connectivity index (χ3v) is 5.03. The van der Waals surface area contributed by atoms with E-state index in [2.05, 4.69) is 40.4 Å². The Morgan fingerprint density at radius 3 is 2.45 bits per heavy atom. The zero-order valence-corrected chi connectivity index (χ0v) is 17.0. The summed E-state index contributed by atoms with van der Waals surface area (Å²) in [6, 6.07) is 1.14. The molecule has 12 nitrogen and oxygen atoms in total. The van der Waals surface area contributed by atoms with Gasteiger partial charge in [0.25, 0.3) is 5.91 Å². The first-order valence-electron chi connectivity index (χ1n) is 9.83. The number of hydrogen-bond acceptors (Lipinski definition) is 10. The number of likely N-dealkylation sites (N-methyl/N-ethyl adjacent to an activating group) is 1. The summed E-state index contributed by atoms with van der Waals surface area (Å²) in [7, 11) is 1.82. The minimum absolute atomic E-state index is 0.0253. The van der Waals surface area contributed by atoms with Crippen LogP contribution in [0.3, 0.4) is 0 Å². The Labute approximate surface area is 178 Å². The topological polar surface area (TPSA) is 140 Å². The van der Waals surface area contributed by atoms with Crippen LogP contribution < -0.4 is 25.3 Å². The van der Waals surface area contributed by atoms with Crippen molar-refractivity contribution in [3.63, 3.8) is 0 Å². The monoisotopic (exact) mass is 425 g/mol. The maximum absolute atomic E-state index is 11.9. The number of nitrogens with one attached hydrogen (secondary N) is 2. The minimum atomic E-state index is -0.566. The molecule has 0 aliphatic carbocycles. The number of hydrogen-bond donors (Lipinski definition) is 3.